The summed E-state index contributed by atoms with van der Waals surface area (Å²) in [6.45, 7) is 21.5. The summed E-state index contributed by atoms with van der Waals surface area (Å²) in [5.41, 5.74) is 20.5. The lowest BCUT2D eigenvalue weighted by Gasteiger charge is -2.33. The normalized spacial score (nSPS) is 13.3. The van der Waals surface area contributed by atoms with Crippen molar-refractivity contribution in [2.24, 2.45) is 0 Å². The van der Waals surface area contributed by atoms with Gasteiger partial charge in [0.05, 0.1) is 22.7 Å². The highest BCUT2D eigenvalue weighted by Crippen LogP contribution is 2.54. The SMILES string of the molecule is CC(C)(C)c1cc(N(c2cc(-c3ccccc3)cc(N3CN(c4ccccc4)c4ccccc43)c2)c2ccc3c(c2)N(c2cc(C(C)(C)C)ccn2)c2ccccc2-c2ccccc2-3)cc(C(C)(C)C)c1. The van der Waals surface area contributed by atoms with Crippen molar-refractivity contribution >= 4 is 57.0 Å². The number of para-hydroxylation sites is 4. The zero-order valence-electron chi connectivity index (χ0n) is 42.6. The Labute approximate surface area is 421 Å². The molecule has 0 bridgehead atoms. The van der Waals surface area contributed by atoms with Crippen LogP contribution in [0.25, 0.3) is 33.4 Å². The van der Waals surface area contributed by atoms with Gasteiger partial charge >= 0.3 is 0 Å². The number of benzene rings is 8. The Morgan fingerprint density at radius 2 is 0.887 bits per heavy atom. The zero-order chi connectivity index (χ0) is 49.2. The van der Waals surface area contributed by atoms with Gasteiger partial charge in [0.15, 0.2) is 0 Å². The summed E-state index contributed by atoms with van der Waals surface area (Å²) in [7, 11) is 0. The smallest absolute Gasteiger partial charge is 0.137 e. The molecule has 0 saturated heterocycles. The highest BCUT2D eigenvalue weighted by molar-refractivity contribution is 6.03. The van der Waals surface area contributed by atoms with Gasteiger partial charge in [-0.3, -0.25) is 4.90 Å². The van der Waals surface area contributed by atoms with Crippen molar-refractivity contribution in [3.8, 4) is 33.4 Å². The van der Waals surface area contributed by atoms with Crippen LogP contribution < -0.4 is 19.6 Å². The van der Waals surface area contributed by atoms with E-state index in [9.17, 15) is 0 Å². The van der Waals surface area contributed by atoms with Crippen LogP contribution in [0.3, 0.4) is 0 Å². The molecule has 0 fully saturated rings. The average Bonchev–Trinajstić information content (AvgIpc) is 3.71. The van der Waals surface area contributed by atoms with E-state index in [1.165, 1.54) is 44.8 Å². The van der Waals surface area contributed by atoms with E-state index >= 15 is 0 Å². The lowest BCUT2D eigenvalue weighted by atomic mass is 9.80. The lowest BCUT2D eigenvalue weighted by molar-refractivity contribution is 0.569. The van der Waals surface area contributed by atoms with Crippen LogP contribution in [0.1, 0.15) is 79.0 Å². The van der Waals surface area contributed by atoms with Crippen molar-refractivity contribution in [3.63, 3.8) is 0 Å². The Bertz CT molecular complexity index is 3390. The van der Waals surface area contributed by atoms with Crippen LogP contribution in [0.15, 0.2) is 206 Å². The van der Waals surface area contributed by atoms with E-state index in [-0.39, 0.29) is 16.2 Å². The van der Waals surface area contributed by atoms with Gasteiger partial charge < -0.3 is 14.7 Å². The molecule has 5 nitrogen and oxygen atoms in total. The maximum Gasteiger partial charge on any atom is 0.137 e. The monoisotopic (exact) mass is 926 g/mol. The van der Waals surface area contributed by atoms with E-state index < -0.39 is 0 Å². The van der Waals surface area contributed by atoms with Gasteiger partial charge in [0.1, 0.15) is 12.5 Å². The van der Waals surface area contributed by atoms with Crippen LogP contribution in [0.5, 0.6) is 0 Å². The number of hydrogen-bond donors (Lipinski definition) is 0. The van der Waals surface area contributed by atoms with Gasteiger partial charge in [0.25, 0.3) is 0 Å². The van der Waals surface area contributed by atoms with Crippen LogP contribution in [0, 0.1) is 0 Å². The second-order valence-electron chi connectivity index (χ2n) is 22.3. The molecule has 0 N–H and O–H groups in total. The number of hydrogen-bond acceptors (Lipinski definition) is 5. The van der Waals surface area contributed by atoms with Crippen LogP contribution in [-0.2, 0) is 16.2 Å². The number of nitrogens with zero attached hydrogens (tertiary/aromatic N) is 5. The van der Waals surface area contributed by atoms with Gasteiger partial charge in [-0.1, -0.05) is 178 Å². The fourth-order valence-corrected chi connectivity index (χ4v) is 10.3. The average molecular weight is 926 g/mol. The van der Waals surface area contributed by atoms with E-state index in [1.54, 1.807) is 0 Å². The molecule has 0 atom stereocenters. The molecule has 0 amide bonds. The molecular formula is C66H63N5. The summed E-state index contributed by atoms with van der Waals surface area (Å²) in [6, 6.07) is 74.0. The fourth-order valence-electron chi connectivity index (χ4n) is 10.3. The summed E-state index contributed by atoms with van der Waals surface area (Å²) < 4.78 is 0. The molecule has 71 heavy (non-hydrogen) atoms. The van der Waals surface area contributed by atoms with Gasteiger partial charge in [0, 0.05) is 45.8 Å². The van der Waals surface area contributed by atoms with Crippen LogP contribution in [-0.4, -0.2) is 11.7 Å². The molecule has 0 saturated carbocycles. The maximum absolute atomic E-state index is 5.20. The summed E-state index contributed by atoms with van der Waals surface area (Å²) in [5, 5.41) is 0. The molecule has 8 aromatic carbocycles. The number of aromatic nitrogens is 1. The predicted molar refractivity (Wildman–Crippen MR) is 302 cm³/mol. The van der Waals surface area contributed by atoms with Crippen LogP contribution >= 0.6 is 0 Å². The molecular weight excluding hydrogens is 863 g/mol. The molecule has 2 aliphatic heterocycles. The summed E-state index contributed by atoms with van der Waals surface area (Å²) in [6.07, 6.45) is 1.98. The molecule has 352 valence electrons. The largest absolute Gasteiger partial charge is 0.321 e. The minimum atomic E-state index is -0.111. The molecule has 5 heteroatoms. The number of fused-ring (bicyclic) bond motifs is 6. The fraction of sp³-hybridized carbons (Fsp3) is 0.197. The molecule has 0 unspecified atom stereocenters. The van der Waals surface area contributed by atoms with E-state index in [0.717, 1.165) is 62.3 Å². The Kier molecular flexibility index (Phi) is 11.2. The van der Waals surface area contributed by atoms with Gasteiger partial charge in [0.2, 0.25) is 0 Å². The van der Waals surface area contributed by atoms with Crippen molar-refractivity contribution in [3.05, 3.63) is 223 Å². The first-order chi connectivity index (χ1) is 34.1. The first-order valence-corrected chi connectivity index (χ1v) is 25.1. The highest BCUT2D eigenvalue weighted by atomic mass is 15.4. The summed E-state index contributed by atoms with van der Waals surface area (Å²) in [4.78, 5) is 15.0. The molecule has 0 radical (unpaired) electrons. The quantitative estimate of drug-likeness (QED) is 0.159. The number of rotatable bonds is 7. The minimum absolute atomic E-state index is 0.0776. The minimum Gasteiger partial charge on any atom is -0.321 e. The van der Waals surface area contributed by atoms with Crippen molar-refractivity contribution in [2.45, 2.75) is 78.6 Å². The molecule has 3 heterocycles. The standard InChI is InChI=1S/C66H63N5/c1-64(2,3)47-34-35-67-63(41-47)71-59-29-19-18-28-57(59)55-26-16-17-27-56(55)58-33-32-51(43-62(58)71)70(54-39-48(65(4,5)6)38-49(40-54)66(7,8)9)53-37-46(45-22-12-10-13-23-45)36-52(42-53)69-44-68(50-24-14-11-15-25-50)60-30-20-21-31-61(60)69/h10-43H,44H2,1-9H3. The van der Waals surface area contributed by atoms with Crippen molar-refractivity contribution in [2.75, 3.05) is 26.3 Å². The third kappa shape index (κ3) is 8.54. The lowest BCUT2D eigenvalue weighted by Crippen LogP contribution is -2.24. The predicted octanol–water partition coefficient (Wildman–Crippen LogP) is 18.5. The van der Waals surface area contributed by atoms with Crippen LogP contribution in [0.4, 0.5) is 57.0 Å². The third-order valence-electron chi connectivity index (χ3n) is 14.3. The first-order valence-electron chi connectivity index (χ1n) is 25.1. The maximum atomic E-state index is 5.20. The Balaban J connectivity index is 1.20. The zero-order valence-corrected chi connectivity index (χ0v) is 42.6. The second kappa shape index (κ2) is 17.5. The molecule has 0 aliphatic carbocycles. The topological polar surface area (TPSA) is 25.9 Å². The Morgan fingerprint density at radius 3 is 1.51 bits per heavy atom. The van der Waals surface area contributed by atoms with E-state index in [1.807, 2.05) is 6.20 Å². The molecule has 2 aliphatic rings. The van der Waals surface area contributed by atoms with Gasteiger partial charge in [-0.25, -0.2) is 4.98 Å². The van der Waals surface area contributed by atoms with Crippen molar-refractivity contribution in [1.29, 1.82) is 0 Å². The van der Waals surface area contributed by atoms with Crippen LogP contribution in [0.2, 0.25) is 0 Å². The molecule has 9 aromatic rings. The third-order valence-corrected chi connectivity index (χ3v) is 14.3. The summed E-state index contributed by atoms with van der Waals surface area (Å²) in [5.74, 6) is 0.886. The Hall–Kier alpha value is -7.89. The summed E-state index contributed by atoms with van der Waals surface area (Å²) >= 11 is 0. The highest BCUT2D eigenvalue weighted by Gasteiger charge is 2.32. The van der Waals surface area contributed by atoms with Gasteiger partial charge in [-0.15, -0.1) is 0 Å². The number of pyridine rings is 1. The van der Waals surface area contributed by atoms with Crippen molar-refractivity contribution < 1.29 is 0 Å². The molecule has 11 rings (SSSR count). The van der Waals surface area contributed by atoms with Gasteiger partial charge in [-0.2, -0.15) is 0 Å². The van der Waals surface area contributed by atoms with E-state index in [0.29, 0.717) is 6.67 Å². The second-order valence-corrected chi connectivity index (χ2v) is 22.3. The molecule has 1 aromatic heterocycles. The van der Waals surface area contributed by atoms with E-state index in [4.69, 9.17) is 4.98 Å². The Morgan fingerprint density at radius 1 is 0.366 bits per heavy atom. The molecule has 0 spiro atoms. The first kappa shape index (κ1) is 45.5. The van der Waals surface area contributed by atoms with E-state index in [2.05, 4.69) is 282 Å². The number of anilines is 10. The van der Waals surface area contributed by atoms with Crippen molar-refractivity contribution in [1.82, 2.24) is 4.98 Å². The van der Waals surface area contributed by atoms with Gasteiger partial charge in [-0.05, 0) is 140 Å².